The molecule has 0 amide bonds. The first-order valence-corrected chi connectivity index (χ1v) is 6.18. The van der Waals surface area contributed by atoms with Crippen molar-refractivity contribution >= 4 is 11.8 Å². The van der Waals surface area contributed by atoms with E-state index in [0.717, 1.165) is 16.9 Å². The Kier molecular flexibility index (Phi) is 3.65. The number of benzene rings is 1. The van der Waals surface area contributed by atoms with Crippen LogP contribution >= 0.6 is 11.8 Å². The van der Waals surface area contributed by atoms with Gasteiger partial charge < -0.3 is 10.9 Å². The molecule has 0 saturated heterocycles. The normalized spacial score (nSPS) is 10.7. The molecule has 0 aliphatic rings. The number of aliphatic hydroxyl groups is 1. The number of thioether (sulfide) groups is 1. The third-order valence-electron chi connectivity index (χ3n) is 2.41. The maximum absolute atomic E-state index is 8.93. The molecule has 0 unspecified atom stereocenters. The minimum absolute atomic E-state index is 0.0732. The molecule has 0 spiro atoms. The molecule has 1 aromatic carbocycles. The second-order valence-electron chi connectivity index (χ2n) is 3.66. The summed E-state index contributed by atoms with van der Waals surface area (Å²) in [4.78, 5) is 0. The molecule has 5 nitrogen and oxygen atoms in total. The number of hydrogen-bond acceptors (Lipinski definition) is 5. The Hall–Kier alpha value is -1.53. The van der Waals surface area contributed by atoms with Gasteiger partial charge in [0.25, 0.3) is 0 Å². The molecule has 3 N–H and O–H groups in total. The summed E-state index contributed by atoms with van der Waals surface area (Å²) >= 11 is 1.54. The summed E-state index contributed by atoms with van der Waals surface area (Å²) in [5, 5.41) is 17.5. The van der Waals surface area contributed by atoms with Gasteiger partial charge in [0.1, 0.15) is 5.82 Å². The Bertz CT molecular complexity index is 495. The highest BCUT2D eigenvalue weighted by Crippen LogP contribution is 2.20. The zero-order chi connectivity index (χ0) is 12.3. The molecule has 2 rings (SSSR count). The molecule has 0 atom stereocenters. The summed E-state index contributed by atoms with van der Waals surface area (Å²) in [5.74, 6) is 7.23. The molecule has 1 heterocycles. The SMILES string of the molecule is Cc1nnc(SCc2ccc(CO)cc2)n1N. The lowest BCUT2D eigenvalue weighted by Crippen LogP contribution is -2.11. The van der Waals surface area contributed by atoms with E-state index in [-0.39, 0.29) is 6.61 Å². The number of nitrogens with zero attached hydrogens (tertiary/aromatic N) is 3. The van der Waals surface area contributed by atoms with Crippen LogP contribution in [0.3, 0.4) is 0 Å². The van der Waals surface area contributed by atoms with E-state index < -0.39 is 0 Å². The third-order valence-corrected chi connectivity index (χ3v) is 3.42. The first-order chi connectivity index (χ1) is 8.20. The molecule has 1 aromatic heterocycles. The van der Waals surface area contributed by atoms with Crippen molar-refractivity contribution in [1.29, 1.82) is 0 Å². The molecule has 0 aliphatic carbocycles. The molecular formula is C11H14N4OS. The Balaban J connectivity index is 2.00. The number of rotatable bonds is 4. The van der Waals surface area contributed by atoms with E-state index >= 15 is 0 Å². The average Bonchev–Trinajstić information content (AvgIpc) is 2.68. The first kappa shape index (κ1) is 11.9. The fraction of sp³-hybridized carbons (Fsp3) is 0.273. The highest BCUT2D eigenvalue weighted by Gasteiger charge is 2.06. The number of nitrogen functional groups attached to an aromatic ring is 1. The van der Waals surface area contributed by atoms with Crippen molar-refractivity contribution in [3.8, 4) is 0 Å². The summed E-state index contributed by atoms with van der Waals surface area (Å²) in [5.41, 5.74) is 2.07. The van der Waals surface area contributed by atoms with E-state index in [2.05, 4.69) is 10.2 Å². The van der Waals surface area contributed by atoms with Gasteiger partial charge in [-0.25, -0.2) is 4.68 Å². The number of aryl methyl sites for hydroxylation is 1. The van der Waals surface area contributed by atoms with Crippen LogP contribution in [-0.2, 0) is 12.4 Å². The highest BCUT2D eigenvalue weighted by atomic mass is 32.2. The second kappa shape index (κ2) is 5.20. The van der Waals surface area contributed by atoms with Crippen LogP contribution in [0.2, 0.25) is 0 Å². The van der Waals surface area contributed by atoms with Crippen LogP contribution in [0.1, 0.15) is 17.0 Å². The van der Waals surface area contributed by atoms with Gasteiger partial charge in [0, 0.05) is 5.75 Å². The summed E-state index contributed by atoms with van der Waals surface area (Å²) in [6, 6.07) is 7.80. The van der Waals surface area contributed by atoms with Crippen LogP contribution in [0.15, 0.2) is 29.4 Å². The van der Waals surface area contributed by atoms with Crippen LogP contribution in [0, 0.1) is 6.92 Å². The second-order valence-corrected chi connectivity index (χ2v) is 4.61. The zero-order valence-corrected chi connectivity index (χ0v) is 10.3. The van der Waals surface area contributed by atoms with Gasteiger partial charge in [-0.15, -0.1) is 10.2 Å². The van der Waals surface area contributed by atoms with Crippen LogP contribution in [-0.4, -0.2) is 20.0 Å². The Morgan fingerprint density at radius 3 is 2.41 bits per heavy atom. The lowest BCUT2D eigenvalue weighted by molar-refractivity contribution is 0.282. The monoisotopic (exact) mass is 250 g/mol. The first-order valence-electron chi connectivity index (χ1n) is 5.19. The molecule has 0 fully saturated rings. The summed E-state index contributed by atoms with van der Waals surface area (Å²) in [6.07, 6.45) is 0. The van der Waals surface area contributed by atoms with E-state index in [1.807, 2.05) is 31.2 Å². The molecule has 0 aliphatic heterocycles. The standard InChI is InChI=1S/C11H14N4OS/c1-8-13-14-11(15(8)12)17-7-10-4-2-9(6-16)3-5-10/h2-5,16H,6-7,12H2,1H3. The molecule has 6 heteroatoms. The fourth-order valence-electron chi connectivity index (χ4n) is 1.34. The van der Waals surface area contributed by atoms with E-state index in [1.165, 1.54) is 16.4 Å². The predicted octanol–water partition coefficient (Wildman–Crippen LogP) is 1.08. The number of hydrogen-bond donors (Lipinski definition) is 2. The van der Waals surface area contributed by atoms with Gasteiger partial charge in [-0.3, -0.25) is 0 Å². The molecule has 0 bridgehead atoms. The van der Waals surface area contributed by atoms with Gasteiger partial charge in [0.2, 0.25) is 5.16 Å². The van der Waals surface area contributed by atoms with Crippen molar-refractivity contribution < 1.29 is 5.11 Å². The van der Waals surface area contributed by atoms with Crippen molar-refractivity contribution in [1.82, 2.24) is 14.9 Å². The van der Waals surface area contributed by atoms with Crippen LogP contribution < -0.4 is 5.84 Å². The van der Waals surface area contributed by atoms with E-state index in [1.54, 1.807) is 0 Å². The third kappa shape index (κ3) is 2.78. The van der Waals surface area contributed by atoms with Gasteiger partial charge in [-0.2, -0.15) is 0 Å². The lowest BCUT2D eigenvalue weighted by atomic mass is 10.2. The number of nitrogens with two attached hydrogens (primary N) is 1. The van der Waals surface area contributed by atoms with E-state index in [4.69, 9.17) is 10.9 Å². The maximum Gasteiger partial charge on any atom is 0.210 e. The van der Waals surface area contributed by atoms with Crippen molar-refractivity contribution in [2.45, 2.75) is 24.4 Å². The van der Waals surface area contributed by atoms with Crippen molar-refractivity contribution in [3.05, 3.63) is 41.2 Å². The minimum atomic E-state index is 0.0732. The van der Waals surface area contributed by atoms with Gasteiger partial charge in [0.05, 0.1) is 6.61 Å². The molecule has 90 valence electrons. The zero-order valence-electron chi connectivity index (χ0n) is 9.50. The minimum Gasteiger partial charge on any atom is -0.392 e. The molecule has 0 saturated carbocycles. The van der Waals surface area contributed by atoms with Crippen LogP contribution in [0.5, 0.6) is 0 Å². The average molecular weight is 250 g/mol. The quantitative estimate of drug-likeness (QED) is 0.627. The van der Waals surface area contributed by atoms with Gasteiger partial charge in [0.15, 0.2) is 0 Å². The predicted molar refractivity (Wildman–Crippen MR) is 66.8 cm³/mol. The van der Waals surface area contributed by atoms with Gasteiger partial charge in [-0.1, -0.05) is 36.0 Å². The smallest absolute Gasteiger partial charge is 0.210 e. The largest absolute Gasteiger partial charge is 0.392 e. The van der Waals surface area contributed by atoms with Crippen LogP contribution in [0.4, 0.5) is 0 Å². The number of aliphatic hydroxyl groups excluding tert-OH is 1. The van der Waals surface area contributed by atoms with Crippen molar-refractivity contribution in [2.75, 3.05) is 5.84 Å². The maximum atomic E-state index is 8.93. The molecule has 2 aromatic rings. The van der Waals surface area contributed by atoms with Gasteiger partial charge in [-0.05, 0) is 18.1 Å². The summed E-state index contributed by atoms with van der Waals surface area (Å²) in [7, 11) is 0. The van der Waals surface area contributed by atoms with E-state index in [0.29, 0.717) is 11.0 Å². The van der Waals surface area contributed by atoms with Crippen molar-refractivity contribution in [2.24, 2.45) is 0 Å². The van der Waals surface area contributed by atoms with Crippen molar-refractivity contribution in [3.63, 3.8) is 0 Å². The van der Waals surface area contributed by atoms with Gasteiger partial charge >= 0.3 is 0 Å². The Morgan fingerprint density at radius 1 is 1.24 bits per heavy atom. The molecular weight excluding hydrogens is 236 g/mol. The topological polar surface area (TPSA) is 77.0 Å². The number of aromatic nitrogens is 3. The van der Waals surface area contributed by atoms with Crippen LogP contribution in [0.25, 0.3) is 0 Å². The highest BCUT2D eigenvalue weighted by molar-refractivity contribution is 7.98. The summed E-state index contributed by atoms with van der Waals surface area (Å²) in [6.45, 7) is 1.89. The van der Waals surface area contributed by atoms with E-state index in [9.17, 15) is 0 Å². The Labute approximate surface area is 104 Å². The molecule has 17 heavy (non-hydrogen) atoms. The fourth-order valence-corrected chi connectivity index (χ4v) is 2.20. The molecule has 0 radical (unpaired) electrons. The lowest BCUT2D eigenvalue weighted by Gasteiger charge is -2.02. The Morgan fingerprint density at radius 2 is 1.88 bits per heavy atom. The summed E-state index contributed by atoms with van der Waals surface area (Å²) < 4.78 is 1.48.